The predicted molar refractivity (Wildman–Crippen MR) is 112 cm³/mol. The summed E-state index contributed by atoms with van der Waals surface area (Å²) in [7, 11) is 1.69. The Morgan fingerprint density at radius 2 is 2.10 bits per heavy atom. The van der Waals surface area contributed by atoms with Gasteiger partial charge < -0.3 is 14.6 Å². The number of benzene rings is 1. The molecule has 1 aromatic carbocycles. The second-order valence-corrected chi connectivity index (χ2v) is 7.58. The van der Waals surface area contributed by atoms with Crippen LogP contribution in [0.25, 0.3) is 0 Å². The van der Waals surface area contributed by atoms with Gasteiger partial charge in [0.1, 0.15) is 5.75 Å². The molecule has 0 radical (unpaired) electrons. The van der Waals surface area contributed by atoms with Crippen molar-refractivity contribution in [1.29, 1.82) is 0 Å². The van der Waals surface area contributed by atoms with Crippen molar-refractivity contribution in [3.8, 4) is 5.75 Å². The van der Waals surface area contributed by atoms with Crippen LogP contribution >= 0.6 is 0 Å². The highest BCUT2D eigenvalue weighted by Crippen LogP contribution is 2.28. The molecule has 1 aliphatic rings. The second kappa shape index (κ2) is 9.54. The number of nitrogens with one attached hydrogen (secondary N) is 1. The third kappa shape index (κ3) is 5.04. The van der Waals surface area contributed by atoms with E-state index in [-0.39, 0.29) is 17.6 Å². The van der Waals surface area contributed by atoms with Crippen LogP contribution in [0.1, 0.15) is 46.1 Å². The molecule has 0 bridgehead atoms. The lowest BCUT2D eigenvalue weighted by molar-refractivity contribution is 0.0913. The highest BCUT2D eigenvalue weighted by atomic mass is 16.5. The predicted octanol–water partition coefficient (Wildman–Crippen LogP) is 3.39. The number of carbonyl (C=O) groups is 1. The molecule has 0 saturated carbocycles. The maximum Gasteiger partial charge on any atom is 0.290 e. The van der Waals surface area contributed by atoms with Crippen molar-refractivity contribution in [3.63, 3.8) is 0 Å². The normalized spacial score (nSPS) is 16.9. The maximum atomic E-state index is 12.4. The summed E-state index contributed by atoms with van der Waals surface area (Å²) >= 11 is 0. The molecule has 0 spiro atoms. The quantitative estimate of drug-likeness (QED) is 0.648. The SMILES string of the molecule is COc1cccc(CN2CCC[C@@H](c3cc(C(=O)NCc4ccncc4)on3)C2)c1. The average Bonchev–Trinajstić information content (AvgIpc) is 3.29. The Morgan fingerprint density at radius 3 is 2.93 bits per heavy atom. The Hall–Kier alpha value is -3.19. The van der Waals surface area contributed by atoms with Gasteiger partial charge in [0, 0.05) is 44.0 Å². The molecule has 1 aliphatic heterocycles. The Balaban J connectivity index is 1.34. The minimum atomic E-state index is -0.255. The van der Waals surface area contributed by atoms with Gasteiger partial charge in [-0.25, -0.2) is 0 Å². The first-order valence-corrected chi connectivity index (χ1v) is 10.2. The minimum Gasteiger partial charge on any atom is -0.497 e. The van der Waals surface area contributed by atoms with Crippen molar-refractivity contribution < 1.29 is 14.1 Å². The molecule has 1 N–H and O–H groups in total. The van der Waals surface area contributed by atoms with E-state index >= 15 is 0 Å². The summed E-state index contributed by atoms with van der Waals surface area (Å²) in [5.41, 5.74) is 3.06. The summed E-state index contributed by atoms with van der Waals surface area (Å²) in [4.78, 5) is 18.8. The van der Waals surface area contributed by atoms with Gasteiger partial charge >= 0.3 is 0 Å². The summed E-state index contributed by atoms with van der Waals surface area (Å²) in [6.45, 7) is 3.23. The molecule has 1 saturated heterocycles. The van der Waals surface area contributed by atoms with E-state index in [0.29, 0.717) is 6.54 Å². The van der Waals surface area contributed by atoms with Crippen molar-refractivity contribution >= 4 is 5.91 Å². The molecule has 3 aromatic rings. The summed E-state index contributed by atoms with van der Waals surface area (Å²) in [5.74, 6) is 1.13. The van der Waals surface area contributed by atoms with Crippen LogP contribution in [-0.2, 0) is 13.1 Å². The van der Waals surface area contributed by atoms with Crippen LogP contribution in [0.4, 0.5) is 0 Å². The van der Waals surface area contributed by atoms with Crippen molar-refractivity contribution in [2.45, 2.75) is 31.8 Å². The summed E-state index contributed by atoms with van der Waals surface area (Å²) in [6, 6.07) is 13.7. The van der Waals surface area contributed by atoms with Crippen molar-refractivity contribution in [3.05, 3.63) is 77.4 Å². The van der Waals surface area contributed by atoms with Gasteiger partial charge in [0.05, 0.1) is 12.8 Å². The van der Waals surface area contributed by atoms with Gasteiger partial charge in [-0.15, -0.1) is 0 Å². The van der Waals surface area contributed by atoms with E-state index in [1.807, 2.05) is 24.3 Å². The summed E-state index contributed by atoms with van der Waals surface area (Å²) in [6.07, 6.45) is 5.53. The van der Waals surface area contributed by atoms with Crippen LogP contribution in [0.15, 0.2) is 59.4 Å². The van der Waals surface area contributed by atoms with Gasteiger partial charge in [0.2, 0.25) is 5.76 Å². The summed E-state index contributed by atoms with van der Waals surface area (Å²) < 4.78 is 10.7. The lowest BCUT2D eigenvalue weighted by Crippen LogP contribution is -2.34. The molecule has 7 heteroatoms. The standard InChI is InChI=1S/C23H26N4O3/c1-29-20-6-2-4-18(12-20)15-27-11-3-5-19(16-27)21-13-22(30-26-21)23(28)25-14-17-7-9-24-10-8-17/h2,4,6-10,12-13,19H,3,5,11,14-16H2,1H3,(H,25,28)/t19-/m1/s1. The molecular formula is C23H26N4O3. The fraction of sp³-hybridized carbons (Fsp3) is 0.348. The highest BCUT2D eigenvalue weighted by Gasteiger charge is 2.25. The van der Waals surface area contributed by atoms with Crippen LogP contribution in [0.2, 0.25) is 0 Å². The number of nitrogens with zero attached hydrogens (tertiary/aromatic N) is 3. The fourth-order valence-corrected chi connectivity index (χ4v) is 3.83. The van der Waals surface area contributed by atoms with Crippen molar-refractivity contribution in [2.24, 2.45) is 0 Å². The molecule has 1 amide bonds. The van der Waals surface area contributed by atoms with Crippen LogP contribution < -0.4 is 10.1 Å². The first kappa shape index (κ1) is 20.1. The third-order valence-corrected chi connectivity index (χ3v) is 5.42. The lowest BCUT2D eigenvalue weighted by Gasteiger charge is -2.31. The number of hydrogen-bond donors (Lipinski definition) is 1. The van der Waals surface area contributed by atoms with Crippen LogP contribution in [0.5, 0.6) is 5.75 Å². The Kier molecular flexibility index (Phi) is 6.39. The first-order chi connectivity index (χ1) is 14.7. The van der Waals surface area contributed by atoms with E-state index in [0.717, 1.165) is 49.5 Å². The van der Waals surface area contributed by atoms with Crippen LogP contribution in [-0.4, -0.2) is 41.1 Å². The monoisotopic (exact) mass is 406 g/mol. The number of carbonyl (C=O) groups excluding carboxylic acids is 1. The lowest BCUT2D eigenvalue weighted by atomic mass is 9.94. The number of hydrogen-bond acceptors (Lipinski definition) is 6. The second-order valence-electron chi connectivity index (χ2n) is 7.58. The molecule has 0 unspecified atom stereocenters. The van der Waals surface area contributed by atoms with Gasteiger partial charge in [0.25, 0.3) is 5.91 Å². The molecule has 7 nitrogen and oxygen atoms in total. The molecular weight excluding hydrogens is 380 g/mol. The van der Waals surface area contributed by atoms with Gasteiger partial charge in [-0.3, -0.25) is 14.7 Å². The van der Waals surface area contributed by atoms with E-state index in [1.54, 1.807) is 25.6 Å². The Bertz CT molecular complexity index is 973. The number of pyridine rings is 1. The zero-order valence-electron chi connectivity index (χ0n) is 17.1. The van der Waals surface area contributed by atoms with Crippen molar-refractivity contribution in [2.75, 3.05) is 20.2 Å². The van der Waals surface area contributed by atoms with Crippen molar-refractivity contribution in [1.82, 2.24) is 20.4 Å². The molecule has 1 fully saturated rings. The number of likely N-dealkylation sites (tertiary alicyclic amines) is 1. The molecule has 30 heavy (non-hydrogen) atoms. The minimum absolute atomic E-state index is 0.254. The fourth-order valence-electron chi connectivity index (χ4n) is 3.83. The van der Waals surface area contributed by atoms with Gasteiger partial charge in [-0.1, -0.05) is 17.3 Å². The van der Waals surface area contributed by atoms with E-state index in [1.165, 1.54) is 5.56 Å². The molecule has 3 heterocycles. The zero-order chi connectivity index (χ0) is 20.8. The molecule has 2 aromatic heterocycles. The van der Waals surface area contributed by atoms with Gasteiger partial charge in [0.15, 0.2) is 0 Å². The number of methoxy groups -OCH3 is 1. The molecule has 156 valence electrons. The topological polar surface area (TPSA) is 80.5 Å². The van der Waals surface area contributed by atoms with Crippen LogP contribution in [0.3, 0.4) is 0 Å². The summed E-state index contributed by atoms with van der Waals surface area (Å²) in [5, 5.41) is 7.05. The number of amides is 1. The van der Waals surface area contributed by atoms with E-state index in [4.69, 9.17) is 9.26 Å². The number of rotatable bonds is 7. The smallest absolute Gasteiger partial charge is 0.290 e. The maximum absolute atomic E-state index is 12.4. The number of aromatic nitrogens is 2. The largest absolute Gasteiger partial charge is 0.497 e. The number of piperidine rings is 1. The first-order valence-electron chi connectivity index (χ1n) is 10.2. The van der Waals surface area contributed by atoms with Crippen LogP contribution in [0, 0.1) is 0 Å². The highest BCUT2D eigenvalue weighted by molar-refractivity contribution is 5.91. The Morgan fingerprint density at radius 1 is 1.23 bits per heavy atom. The van der Waals surface area contributed by atoms with Gasteiger partial charge in [-0.05, 0) is 54.8 Å². The van der Waals surface area contributed by atoms with E-state index in [9.17, 15) is 4.79 Å². The molecule has 4 rings (SSSR count). The van der Waals surface area contributed by atoms with E-state index < -0.39 is 0 Å². The third-order valence-electron chi connectivity index (χ3n) is 5.42. The average molecular weight is 406 g/mol. The van der Waals surface area contributed by atoms with Gasteiger partial charge in [-0.2, -0.15) is 0 Å². The molecule has 1 atom stereocenters. The molecule has 0 aliphatic carbocycles. The Labute approximate surface area is 176 Å². The number of ether oxygens (including phenoxy) is 1. The van der Waals surface area contributed by atoms with E-state index in [2.05, 4.69) is 32.5 Å². The zero-order valence-corrected chi connectivity index (χ0v) is 17.1.